The standard InChI is InChI=1S/C8H2F16O5/c9-1(10,25)3(13,14)27-5(17,18)7(21,22)29-8(23,24)6(19,20)28-4(15,16)2(11,12)26/h25-26H. The van der Waals surface area contributed by atoms with Crippen molar-refractivity contribution >= 4 is 0 Å². The summed E-state index contributed by atoms with van der Waals surface area (Å²) in [4.78, 5) is 0. The van der Waals surface area contributed by atoms with Crippen LogP contribution >= 0.6 is 0 Å². The molecule has 0 aromatic rings. The van der Waals surface area contributed by atoms with E-state index in [0.29, 0.717) is 0 Å². The van der Waals surface area contributed by atoms with Crippen LogP contribution in [-0.2, 0) is 14.2 Å². The summed E-state index contributed by atoms with van der Waals surface area (Å²) in [5.41, 5.74) is 0. The average molecular weight is 482 g/mol. The molecule has 176 valence electrons. The molecule has 29 heavy (non-hydrogen) atoms. The number of aliphatic hydroxyl groups is 2. The lowest BCUT2D eigenvalue weighted by Crippen LogP contribution is -2.60. The molecule has 0 heterocycles. The van der Waals surface area contributed by atoms with E-state index in [4.69, 9.17) is 10.2 Å². The van der Waals surface area contributed by atoms with Gasteiger partial charge in [0.05, 0.1) is 0 Å². The molecule has 0 aliphatic rings. The van der Waals surface area contributed by atoms with Crippen molar-refractivity contribution < 1.29 is 94.7 Å². The lowest BCUT2D eigenvalue weighted by atomic mass is 10.4. The summed E-state index contributed by atoms with van der Waals surface area (Å²) >= 11 is 0. The maximum Gasteiger partial charge on any atom is 0.453 e. The second-order valence-electron chi connectivity index (χ2n) is 4.49. The van der Waals surface area contributed by atoms with E-state index in [2.05, 4.69) is 0 Å². The molecular formula is C8H2F16O5. The Hall–Kier alpha value is -1.32. The van der Waals surface area contributed by atoms with Gasteiger partial charge in [-0.05, 0) is 0 Å². The van der Waals surface area contributed by atoms with E-state index in [1.54, 1.807) is 0 Å². The van der Waals surface area contributed by atoms with Crippen molar-refractivity contribution in [3.8, 4) is 0 Å². The Balaban J connectivity index is 5.78. The summed E-state index contributed by atoms with van der Waals surface area (Å²) < 4.78 is 203. The Morgan fingerprint density at radius 3 is 0.586 bits per heavy atom. The monoisotopic (exact) mass is 482 g/mol. The van der Waals surface area contributed by atoms with Gasteiger partial charge in [-0.2, -0.15) is 70.2 Å². The molecule has 0 aliphatic carbocycles. The minimum atomic E-state index is -7.52. The molecule has 0 fully saturated rings. The molecule has 0 aliphatic heterocycles. The van der Waals surface area contributed by atoms with E-state index < -0.39 is 48.9 Å². The van der Waals surface area contributed by atoms with Gasteiger partial charge in [-0.15, -0.1) is 0 Å². The maximum absolute atomic E-state index is 12.8. The van der Waals surface area contributed by atoms with E-state index in [9.17, 15) is 70.2 Å². The van der Waals surface area contributed by atoms with Gasteiger partial charge in [-0.3, -0.25) is 0 Å². The molecule has 0 aromatic carbocycles. The van der Waals surface area contributed by atoms with E-state index >= 15 is 0 Å². The van der Waals surface area contributed by atoms with Crippen molar-refractivity contribution in [1.82, 2.24) is 0 Å². The molecule has 2 N–H and O–H groups in total. The second kappa shape index (κ2) is 7.13. The number of hydrogen-bond acceptors (Lipinski definition) is 5. The SMILES string of the molecule is OC(F)(F)C(F)(F)OC(F)(F)C(F)(F)OC(F)(F)C(F)(F)OC(F)(F)C(O)(F)F. The number of hydrogen-bond donors (Lipinski definition) is 2. The number of ether oxygens (including phenoxy) is 3. The van der Waals surface area contributed by atoms with E-state index in [1.165, 1.54) is 14.2 Å². The summed E-state index contributed by atoms with van der Waals surface area (Å²) in [6, 6.07) is 0. The van der Waals surface area contributed by atoms with Gasteiger partial charge in [0.15, 0.2) is 0 Å². The van der Waals surface area contributed by atoms with Crippen LogP contribution in [0, 0.1) is 0 Å². The zero-order valence-electron chi connectivity index (χ0n) is 12.2. The van der Waals surface area contributed by atoms with Crippen LogP contribution in [0.15, 0.2) is 0 Å². The molecule has 0 aromatic heterocycles. The van der Waals surface area contributed by atoms with Crippen LogP contribution in [0.5, 0.6) is 0 Å². The van der Waals surface area contributed by atoms with Gasteiger partial charge in [0, 0.05) is 0 Å². The van der Waals surface area contributed by atoms with Gasteiger partial charge in [-0.1, -0.05) is 0 Å². The minimum absolute atomic E-state index is 1.34. The number of rotatable bonds is 10. The summed E-state index contributed by atoms with van der Waals surface area (Å²) in [6.45, 7) is 0. The van der Waals surface area contributed by atoms with Crippen molar-refractivity contribution in [2.45, 2.75) is 48.9 Å². The lowest BCUT2D eigenvalue weighted by molar-refractivity contribution is -0.578. The number of alkyl halides is 16. The van der Waals surface area contributed by atoms with Crippen molar-refractivity contribution in [3.63, 3.8) is 0 Å². The van der Waals surface area contributed by atoms with Crippen LogP contribution in [0.25, 0.3) is 0 Å². The molecule has 0 saturated heterocycles. The number of halogens is 16. The zero-order valence-corrected chi connectivity index (χ0v) is 12.2. The smallest absolute Gasteiger partial charge is 0.329 e. The van der Waals surface area contributed by atoms with Gasteiger partial charge < -0.3 is 10.2 Å². The fourth-order valence-electron chi connectivity index (χ4n) is 0.843. The van der Waals surface area contributed by atoms with Gasteiger partial charge in [-0.25, -0.2) is 14.2 Å². The summed E-state index contributed by atoms with van der Waals surface area (Å²) in [5, 5.41) is 14.9. The van der Waals surface area contributed by atoms with Crippen molar-refractivity contribution in [2.75, 3.05) is 0 Å². The molecule has 0 spiro atoms. The average Bonchev–Trinajstić information content (AvgIpc) is 2.30. The third kappa shape index (κ3) is 5.86. The van der Waals surface area contributed by atoms with Crippen LogP contribution in [-0.4, -0.2) is 59.1 Å². The Kier molecular flexibility index (Phi) is 6.80. The third-order valence-electron chi connectivity index (χ3n) is 2.15. The van der Waals surface area contributed by atoms with Crippen LogP contribution in [0.1, 0.15) is 0 Å². The lowest BCUT2D eigenvalue weighted by Gasteiger charge is -2.34. The molecule has 0 amide bonds. The highest BCUT2D eigenvalue weighted by molar-refractivity contribution is 4.79. The zero-order chi connectivity index (χ0) is 24.1. The van der Waals surface area contributed by atoms with E-state index in [-0.39, 0.29) is 0 Å². The molecule has 21 heteroatoms. The largest absolute Gasteiger partial charge is 0.453 e. The molecule has 0 unspecified atom stereocenters. The van der Waals surface area contributed by atoms with Crippen LogP contribution in [0.4, 0.5) is 70.2 Å². The fourth-order valence-corrected chi connectivity index (χ4v) is 0.843. The Morgan fingerprint density at radius 2 is 0.448 bits per heavy atom. The predicted octanol–water partition coefficient (Wildman–Crippen LogP) is 3.76. The summed E-state index contributed by atoms with van der Waals surface area (Å²) in [7, 11) is 0. The molecule has 0 bridgehead atoms. The maximum atomic E-state index is 12.8. The van der Waals surface area contributed by atoms with Crippen LogP contribution in [0.3, 0.4) is 0 Å². The molecule has 0 atom stereocenters. The van der Waals surface area contributed by atoms with Crippen molar-refractivity contribution in [3.05, 3.63) is 0 Å². The van der Waals surface area contributed by atoms with Gasteiger partial charge in [0.25, 0.3) is 0 Å². The molecule has 5 nitrogen and oxygen atoms in total. The highest BCUT2D eigenvalue weighted by atomic mass is 19.4. The second-order valence-corrected chi connectivity index (χ2v) is 4.49. The summed E-state index contributed by atoms with van der Waals surface area (Å²) in [6.07, 6.45) is -57.2. The quantitative estimate of drug-likeness (QED) is 0.465. The predicted molar refractivity (Wildman–Crippen MR) is 47.3 cm³/mol. The molecular weight excluding hydrogens is 480 g/mol. The molecule has 0 rings (SSSR count). The van der Waals surface area contributed by atoms with Crippen molar-refractivity contribution in [2.24, 2.45) is 0 Å². The van der Waals surface area contributed by atoms with E-state index in [0.717, 1.165) is 0 Å². The van der Waals surface area contributed by atoms with Gasteiger partial charge in [0.2, 0.25) is 0 Å². The first-order chi connectivity index (χ1) is 12.1. The van der Waals surface area contributed by atoms with Gasteiger partial charge >= 0.3 is 48.9 Å². The van der Waals surface area contributed by atoms with Crippen LogP contribution < -0.4 is 0 Å². The topological polar surface area (TPSA) is 68.2 Å². The Morgan fingerprint density at radius 1 is 0.310 bits per heavy atom. The van der Waals surface area contributed by atoms with Crippen molar-refractivity contribution in [1.29, 1.82) is 0 Å². The third-order valence-corrected chi connectivity index (χ3v) is 2.15. The first-order valence-electron chi connectivity index (χ1n) is 5.70. The minimum Gasteiger partial charge on any atom is -0.329 e. The van der Waals surface area contributed by atoms with Crippen LogP contribution in [0.2, 0.25) is 0 Å². The molecule has 0 radical (unpaired) electrons. The summed E-state index contributed by atoms with van der Waals surface area (Å²) in [5.74, 6) is 0. The fraction of sp³-hybridized carbons (Fsp3) is 1.00. The Labute approximate surface area is 145 Å². The molecule has 0 saturated carbocycles. The highest BCUT2D eigenvalue weighted by Crippen LogP contribution is 2.50. The first kappa shape index (κ1) is 27.7. The van der Waals surface area contributed by atoms with E-state index in [1.807, 2.05) is 0 Å². The van der Waals surface area contributed by atoms with Gasteiger partial charge in [0.1, 0.15) is 0 Å². The highest BCUT2D eigenvalue weighted by Gasteiger charge is 2.77. The Bertz CT molecular complexity index is 527. The normalized spacial score (nSPS) is 16.3. The first-order valence-corrected chi connectivity index (χ1v) is 5.70.